The van der Waals surface area contributed by atoms with Crippen molar-refractivity contribution in [3.63, 3.8) is 0 Å². The van der Waals surface area contributed by atoms with E-state index in [9.17, 15) is 4.79 Å². The van der Waals surface area contributed by atoms with Gasteiger partial charge in [-0.15, -0.1) is 0 Å². The molecule has 0 spiro atoms. The van der Waals surface area contributed by atoms with Gasteiger partial charge in [0.1, 0.15) is 0 Å². The van der Waals surface area contributed by atoms with Gasteiger partial charge in [0.05, 0.1) is 0 Å². The lowest BCUT2D eigenvalue weighted by Gasteiger charge is -2.40. The quantitative estimate of drug-likeness (QED) is 0.833. The number of nitrogens with zero attached hydrogens (tertiary/aromatic N) is 1. The number of benzene rings is 1. The normalized spacial score (nSPS) is 33.4. The van der Waals surface area contributed by atoms with Crippen LogP contribution >= 0.6 is 0 Å². The van der Waals surface area contributed by atoms with Gasteiger partial charge < -0.3 is 10.2 Å². The van der Waals surface area contributed by atoms with Gasteiger partial charge in [-0.05, 0) is 43.7 Å². The zero-order valence-corrected chi connectivity index (χ0v) is 11.1. The van der Waals surface area contributed by atoms with Crippen molar-refractivity contribution in [2.45, 2.75) is 50.2 Å². The van der Waals surface area contributed by atoms with Gasteiger partial charge in [-0.2, -0.15) is 0 Å². The Labute approximate surface area is 114 Å². The summed E-state index contributed by atoms with van der Waals surface area (Å²) in [6.45, 7) is 0.903. The van der Waals surface area contributed by atoms with Gasteiger partial charge in [-0.3, -0.25) is 4.79 Å². The number of nitrogens with one attached hydrogen (secondary N) is 1. The minimum absolute atomic E-state index is 0.258. The van der Waals surface area contributed by atoms with Crippen LogP contribution in [0.3, 0.4) is 0 Å². The van der Waals surface area contributed by atoms with E-state index in [0.717, 1.165) is 31.4 Å². The Morgan fingerprint density at radius 2 is 1.84 bits per heavy atom. The molecule has 0 saturated carbocycles. The van der Waals surface area contributed by atoms with E-state index in [2.05, 4.69) is 16.3 Å². The van der Waals surface area contributed by atoms with Gasteiger partial charge in [0.25, 0.3) is 5.91 Å². The summed E-state index contributed by atoms with van der Waals surface area (Å²) in [5.74, 6) is 0.258. The molecular weight excluding hydrogens is 236 g/mol. The molecule has 1 aromatic rings. The van der Waals surface area contributed by atoms with Crippen LogP contribution in [0.4, 0.5) is 0 Å². The number of piperidine rings is 1. The van der Waals surface area contributed by atoms with Gasteiger partial charge >= 0.3 is 0 Å². The fraction of sp³-hybridized carbons (Fsp3) is 0.562. The summed E-state index contributed by atoms with van der Waals surface area (Å²) in [7, 11) is 0. The molecule has 2 unspecified atom stereocenters. The molecule has 0 aromatic heterocycles. The molecule has 3 aliphatic rings. The molecule has 2 fully saturated rings. The first kappa shape index (κ1) is 11.5. The van der Waals surface area contributed by atoms with Gasteiger partial charge in [-0.1, -0.05) is 18.2 Å². The number of rotatable bonds is 1. The Bertz CT molecular complexity index is 501. The lowest BCUT2D eigenvalue weighted by Crippen LogP contribution is -2.52. The Morgan fingerprint density at radius 1 is 1.11 bits per heavy atom. The first-order valence-electron chi connectivity index (χ1n) is 7.46. The third kappa shape index (κ3) is 1.88. The number of fused-ring (bicyclic) bond motifs is 3. The zero-order chi connectivity index (χ0) is 12.8. The first-order chi connectivity index (χ1) is 9.31. The molecule has 100 valence electrons. The highest BCUT2D eigenvalue weighted by atomic mass is 16.2. The Morgan fingerprint density at radius 3 is 2.63 bits per heavy atom. The Hall–Kier alpha value is -1.35. The molecule has 3 heterocycles. The second-order valence-corrected chi connectivity index (χ2v) is 6.17. The van der Waals surface area contributed by atoms with E-state index in [0.29, 0.717) is 18.1 Å². The summed E-state index contributed by atoms with van der Waals surface area (Å²) in [4.78, 5) is 14.8. The average molecular weight is 256 g/mol. The molecule has 1 N–H and O–H groups in total. The van der Waals surface area contributed by atoms with Gasteiger partial charge in [0.2, 0.25) is 0 Å². The van der Waals surface area contributed by atoms with Crippen LogP contribution in [0.25, 0.3) is 0 Å². The van der Waals surface area contributed by atoms with E-state index in [1.54, 1.807) is 0 Å². The maximum atomic E-state index is 12.7. The predicted molar refractivity (Wildman–Crippen MR) is 74.2 cm³/mol. The smallest absolute Gasteiger partial charge is 0.254 e. The number of carbonyl (C=O) groups is 1. The highest BCUT2D eigenvalue weighted by Crippen LogP contribution is 2.32. The lowest BCUT2D eigenvalue weighted by atomic mass is 9.93. The number of hydrogen-bond donors (Lipinski definition) is 1. The molecule has 19 heavy (non-hydrogen) atoms. The summed E-state index contributed by atoms with van der Waals surface area (Å²) >= 11 is 0. The zero-order valence-electron chi connectivity index (χ0n) is 11.1. The predicted octanol–water partition coefficient (Wildman–Crippen LogP) is 1.97. The van der Waals surface area contributed by atoms with Gasteiger partial charge in [0.15, 0.2) is 0 Å². The SMILES string of the molecule is O=C1c2ccccc2CCN1C1CC2CCC(C1)N2. The largest absolute Gasteiger partial charge is 0.335 e. The van der Waals surface area contributed by atoms with E-state index < -0.39 is 0 Å². The summed E-state index contributed by atoms with van der Waals surface area (Å²) < 4.78 is 0. The number of hydrogen-bond acceptors (Lipinski definition) is 2. The molecule has 0 radical (unpaired) electrons. The van der Waals surface area contributed by atoms with Crippen molar-refractivity contribution in [3.8, 4) is 0 Å². The molecule has 3 aliphatic heterocycles. The van der Waals surface area contributed by atoms with E-state index in [-0.39, 0.29) is 5.91 Å². The average Bonchev–Trinajstić information content (AvgIpc) is 2.78. The van der Waals surface area contributed by atoms with Crippen molar-refractivity contribution < 1.29 is 4.79 Å². The van der Waals surface area contributed by atoms with Crippen molar-refractivity contribution in [2.24, 2.45) is 0 Å². The maximum Gasteiger partial charge on any atom is 0.254 e. The van der Waals surface area contributed by atoms with Crippen molar-refractivity contribution in [3.05, 3.63) is 35.4 Å². The number of amides is 1. The fourth-order valence-corrected chi connectivity index (χ4v) is 4.07. The monoisotopic (exact) mass is 256 g/mol. The highest BCUT2D eigenvalue weighted by molar-refractivity contribution is 5.96. The van der Waals surface area contributed by atoms with E-state index >= 15 is 0 Å². The summed E-state index contributed by atoms with van der Waals surface area (Å²) in [6, 6.07) is 9.84. The molecule has 4 rings (SSSR count). The topological polar surface area (TPSA) is 32.3 Å². The number of carbonyl (C=O) groups excluding carboxylic acids is 1. The standard InChI is InChI=1S/C16H20N2O/c19-16-15-4-2-1-3-11(15)7-8-18(16)14-9-12-5-6-13(10-14)17-12/h1-4,12-14,17H,5-10H2. The molecule has 3 nitrogen and oxygen atoms in total. The second-order valence-electron chi connectivity index (χ2n) is 6.17. The minimum atomic E-state index is 0.258. The molecule has 3 heteroatoms. The Kier molecular flexibility index (Phi) is 2.62. The van der Waals surface area contributed by atoms with Crippen LogP contribution in [0.2, 0.25) is 0 Å². The third-order valence-corrected chi connectivity index (χ3v) is 5.02. The molecule has 2 bridgehead atoms. The Balaban J connectivity index is 1.59. The van der Waals surface area contributed by atoms with Crippen LogP contribution in [0.15, 0.2) is 24.3 Å². The molecule has 1 amide bonds. The third-order valence-electron chi connectivity index (χ3n) is 5.02. The van der Waals surface area contributed by atoms with Crippen LogP contribution in [0.1, 0.15) is 41.6 Å². The van der Waals surface area contributed by atoms with Crippen LogP contribution in [0.5, 0.6) is 0 Å². The summed E-state index contributed by atoms with van der Waals surface area (Å²) in [5, 5.41) is 3.66. The molecular formula is C16H20N2O. The highest BCUT2D eigenvalue weighted by Gasteiger charge is 2.38. The molecule has 2 atom stereocenters. The van der Waals surface area contributed by atoms with Crippen molar-refractivity contribution in [1.29, 1.82) is 0 Å². The first-order valence-corrected chi connectivity index (χ1v) is 7.46. The summed E-state index contributed by atoms with van der Waals surface area (Å²) in [6.07, 6.45) is 5.88. The molecule has 2 saturated heterocycles. The van der Waals surface area contributed by atoms with Crippen LogP contribution < -0.4 is 5.32 Å². The van der Waals surface area contributed by atoms with Crippen molar-refractivity contribution >= 4 is 5.91 Å². The van der Waals surface area contributed by atoms with Gasteiger partial charge in [0, 0.05) is 30.2 Å². The van der Waals surface area contributed by atoms with E-state index in [1.807, 2.05) is 18.2 Å². The second kappa shape index (κ2) is 4.34. The molecule has 0 aliphatic carbocycles. The van der Waals surface area contributed by atoms with Crippen LogP contribution in [-0.2, 0) is 6.42 Å². The maximum absolute atomic E-state index is 12.7. The minimum Gasteiger partial charge on any atom is -0.335 e. The molecule has 1 aromatic carbocycles. The van der Waals surface area contributed by atoms with Crippen molar-refractivity contribution in [1.82, 2.24) is 10.2 Å². The van der Waals surface area contributed by atoms with E-state index in [4.69, 9.17) is 0 Å². The van der Waals surface area contributed by atoms with Crippen LogP contribution in [-0.4, -0.2) is 35.5 Å². The lowest BCUT2D eigenvalue weighted by molar-refractivity contribution is 0.0597. The fourth-order valence-electron chi connectivity index (χ4n) is 4.07. The van der Waals surface area contributed by atoms with Gasteiger partial charge in [-0.25, -0.2) is 0 Å². The van der Waals surface area contributed by atoms with Crippen molar-refractivity contribution in [2.75, 3.05) is 6.54 Å². The summed E-state index contributed by atoms with van der Waals surface area (Å²) in [5.41, 5.74) is 2.15. The van der Waals surface area contributed by atoms with E-state index in [1.165, 1.54) is 18.4 Å². The van der Waals surface area contributed by atoms with Crippen LogP contribution in [0, 0.1) is 0 Å².